The topological polar surface area (TPSA) is 75.7 Å². The van der Waals surface area contributed by atoms with Crippen molar-refractivity contribution >= 4 is 21.7 Å². The molecule has 7 heteroatoms. The van der Waals surface area contributed by atoms with Gasteiger partial charge in [-0.25, -0.2) is 13.1 Å². The lowest BCUT2D eigenvalue weighted by Gasteiger charge is -2.21. The summed E-state index contributed by atoms with van der Waals surface area (Å²) in [4.78, 5) is 13.1. The lowest BCUT2D eigenvalue weighted by atomic mass is 10.3. The van der Waals surface area contributed by atoms with E-state index >= 15 is 0 Å². The second-order valence-electron chi connectivity index (χ2n) is 4.80. The largest absolute Gasteiger partial charge is 0.468 e. The molecule has 0 aliphatic heterocycles. The van der Waals surface area contributed by atoms with Gasteiger partial charge in [0, 0.05) is 13.1 Å². The zero-order chi connectivity index (χ0) is 14.8. The molecule has 6 nitrogen and oxygen atoms in total. The number of nitrogens with zero attached hydrogens (tertiary/aromatic N) is 1. The number of rotatable bonds is 6. The second-order valence-corrected chi connectivity index (χ2v) is 6.48. The van der Waals surface area contributed by atoms with E-state index in [0.29, 0.717) is 5.69 Å². The molecule has 1 N–H and O–H groups in total. The smallest absolute Gasteiger partial charge is 0.325 e. The molecule has 20 heavy (non-hydrogen) atoms. The van der Waals surface area contributed by atoms with Crippen LogP contribution in [-0.2, 0) is 19.6 Å². The van der Waals surface area contributed by atoms with E-state index in [1.54, 1.807) is 30.1 Å². The van der Waals surface area contributed by atoms with Crippen LogP contribution in [0, 0.1) is 0 Å². The first-order valence-electron chi connectivity index (χ1n) is 6.33. The normalized spacial score (nSPS) is 14.9. The number of methoxy groups -OCH3 is 1. The fourth-order valence-corrected chi connectivity index (χ4v) is 3.39. The molecule has 0 radical (unpaired) electrons. The van der Waals surface area contributed by atoms with Gasteiger partial charge < -0.3 is 9.64 Å². The van der Waals surface area contributed by atoms with Gasteiger partial charge >= 0.3 is 5.97 Å². The Labute approximate surface area is 118 Å². The molecule has 0 amide bonds. The van der Waals surface area contributed by atoms with Crippen LogP contribution >= 0.6 is 0 Å². The Hall–Kier alpha value is -1.60. The fraction of sp³-hybridized carbons (Fsp3) is 0.462. The van der Waals surface area contributed by atoms with E-state index in [1.807, 2.05) is 0 Å². The van der Waals surface area contributed by atoms with Crippen LogP contribution < -0.4 is 9.62 Å². The zero-order valence-corrected chi connectivity index (χ0v) is 12.3. The number of ether oxygens (including phenoxy) is 1. The van der Waals surface area contributed by atoms with Crippen molar-refractivity contribution in [1.29, 1.82) is 0 Å². The van der Waals surface area contributed by atoms with E-state index in [-0.39, 0.29) is 17.5 Å². The van der Waals surface area contributed by atoms with Crippen molar-refractivity contribution in [2.75, 3.05) is 25.6 Å². The number of likely N-dealkylation sites (N-methyl/N-ethyl adjacent to an activating group) is 1. The van der Waals surface area contributed by atoms with Crippen molar-refractivity contribution < 1.29 is 17.9 Å². The molecule has 1 aliphatic rings. The Kier molecular flexibility index (Phi) is 4.29. The van der Waals surface area contributed by atoms with Crippen molar-refractivity contribution in [1.82, 2.24) is 4.72 Å². The molecule has 0 saturated heterocycles. The molecular weight excluding hydrogens is 280 g/mol. The first-order valence-corrected chi connectivity index (χ1v) is 7.81. The first kappa shape index (κ1) is 14.8. The third kappa shape index (κ3) is 3.49. The predicted molar refractivity (Wildman–Crippen MR) is 75.1 cm³/mol. The van der Waals surface area contributed by atoms with E-state index in [1.165, 1.54) is 13.2 Å². The highest BCUT2D eigenvalue weighted by Crippen LogP contribution is 2.27. The number of benzene rings is 1. The number of para-hydroxylation sites is 1. The van der Waals surface area contributed by atoms with Crippen molar-refractivity contribution in [3.8, 4) is 0 Å². The maximum absolute atomic E-state index is 12.3. The quantitative estimate of drug-likeness (QED) is 0.784. The Balaban J connectivity index is 2.27. The van der Waals surface area contributed by atoms with Gasteiger partial charge in [-0.2, -0.15) is 0 Å². The molecule has 1 fully saturated rings. The van der Waals surface area contributed by atoms with Gasteiger partial charge in [0.1, 0.15) is 11.4 Å². The van der Waals surface area contributed by atoms with Gasteiger partial charge in [-0.3, -0.25) is 4.79 Å². The number of nitrogens with one attached hydrogen (secondary N) is 1. The molecule has 1 aromatic carbocycles. The highest BCUT2D eigenvalue weighted by Gasteiger charge is 2.30. The molecule has 1 aromatic rings. The first-order chi connectivity index (χ1) is 9.44. The van der Waals surface area contributed by atoms with Gasteiger partial charge in [0.15, 0.2) is 0 Å². The number of hydrogen-bond donors (Lipinski definition) is 1. The van der Waals surface area contributed by atoms with Crippen molar-refractivity contribution in [3.63, 3.8) is 0 Å². The average Bonchev–Trinajstić information content (AvgIpc) is 3.21. The molecule has 110 valence electrons. The number of carbonyl (C=O) groups excluding carboxylic acids is 1. The number of anilines is 1. The number of sulfonamides is 1. The fourth-order valence-electron chi connectivity index (χ4n) is 1.83. The molecule has 1 aliphatic carbocycles. The Morgan fingerprint density at radius 1 is 1.40 bits per heavy atom. The molecule has 0 spiro atoms. The van der Waals surface area contributed by atoms with Crippen molar-refractivity contribution in [2.24, 2.45) is 0 Å². The Morgan fingerprint density at radius 2 is 2.05 bits per heavy atom. The summed E-state index contributed by atoms with van der Waals surface area (Å²) in [5, 5.41) is 0. The highest BCUT2D eigenvalue weighted by molar-refractivity contribution is 7.89. The monoisotopic (exact) mass is 298 g/mol. The minimum absolute atomic E-state index is 0.00748. The van der Waals surface area contributed by atoms with Gasteiger partial charge in [-0.1, -0.05) is 12.1 Å². The van der Waals surface area contributed by atoms with Crippen LogP contribution in [0.15, 0.2) is 29.2 Å². The summed E-state index contributed by atoms with van der Waals surface area (Å²) < 4.78 is 31.9. The predicted octanol–water partition coefficient (Wildman–Crippen LogP) is 0.736. The third-order valence-electron chi connectivity index (χ3n) is 3.06. The summed E-state index contributed by atoms with van der Waals surface area (Å²) in [5.74, 6) is -0.421. The Morgan fingerprint density at radius 3 is 2.65 bits per heavy atom. The van der Waals surface area contributed by atoms with Crippen LogP contribution in [-0.4, -0.2) is 41.1 Å². The summed E-state index contributed by atoms with van der Waals surface area (Å²) in [6.07, 6.45) is 1.75. The van der Waals surface area contributed by atoms with E-state index in [9.17, 15) is 13.2 Å². The van der Waals surface area contributed by atoms with Crippen LogP contribution in [0.2, 0.25) is 0 Å². The van der Waals surface area contributed by atoms with Crippen molar-refractivity contribution in [2.45, 2.75) is 23.8 Å². The summed E-state index contributed by atoms with van der Waals surface area (Å²) in [7, 11) is -0.605. The standard InChI is InChI=1S/C13H18N2O4S/c1-15(9-13(16)19-2)11-5-3-4-6-12(11)20(17,18)14-10-7-8-10/h3-6,10,14H,7-9H2,1-2H3. The molecule has 0 bridgehead atoms. The van der Waals surface area contributed by atoms with Crippen LogP contribution in [0.5, 0.6) is 0 Å². The van der Waals surface area contributed by atoms with E-state index < -0.39 is 16.0 Å². The molecule has 0 unspecified atom stereocenters. The van der Waals surface area contributed by atoms with E-state index in [2.05, 4.69) is 9.46 Å². The molecule has 2 rings (SSSR count). The second kappa shape index (κ2) is 5.80. The van der Waals surface area contributed by atoms with Gasteiger partial charge in [0.2, 0.25) is 10.0 Å². The number of esters is 1. The molecule has 0 heterocycles. The summed E-state index contributed by atoms with van der Waals surface area (Å²) >= 11 is 0. The van der Waals surface area contributed by atoms with Gasteiger partial charge in [0.05, 0.1) is 12.8 Å². The lowest BCUT2D eigenvalue weighted by Crippen LogP contribution is -2.31. The minimum Gasteiger partial charge on any atom is -0.468 e. The van der Waals surface area contributed by atoms with Gasteiger partial charge in [-0.05, 0) is 25.0 Å². The van der Waals surface area contributed by atoms with Crippen LogP contribution in [0.4, 0.5) is 5.69 Å². The average molecular weight is 298 g/mol. The molecule has 0 atom stereocenters. The highest BCUT2D eigenvalue weighted by atomic mass is 32.2. The maximum atomic E-state index is 12.3. The molecular formula is C13H18N2O4S. The van der Waals surface area contributed by atoms with Gasteiger partial charge in [-0.15, -0.1) is 0 Å². The minimum atomic E-state index is -3.56. The van der Waals surface area contributed by atoms with E-state index in [4.69, 9.17) is 0 Å². The van der Waals surface area contributed by atoms with Crippen LogP contribution in [0.1, 0.15) is 12.8 Å². The van der Waals surface area contributed by atoms with Crippen LogP contribution in [0.3, 0.4) is 0 Å². The summed E-state index contributed by atoms with van der Waals surface area (Å²) in [6.45, 7) is -0.00748. The summed E-state index contributed by atoms with van der Waals surface area (Å²) in [5.41, 5.74) is 0.478. The molecule has 0 aromatic heterocycles. The zero-order valence-electron chi connectivity index (χ0n) is 11.5. The SMILES string of the molecule is COC(=O)CN(C)c1ccccc1S(=O)(=O)NC1CC1. The summed E-state index contributed by atoms with van der Waals surface area (Å²) in [6, 6.07) is 6.65. The van der Waals surface area contributed by atoms with Crippen LogP contribution in [0.25, 0.3) is 0 Å². The van der Waals surface area contributed by atoms with E-state index in [0.717, 1.165) is 12.8 Å². The molecule has 1 saturated carbocycles. The maximum Gasteiger partial charge on any atom is 0.325 e. The lowest BCUT2D eigenvalue weighted by molar-refractivity contribution is -0.138. The number of carbonyl (C=O) groups is 1. The van der Waals surface area contributed by atoms with Gasteiger partial charge in [0.25, 0.3) is 0 Å². The Bertz CT molecular complexity index is 596. The van der Waals surface area contributed by atoms with Crippen molar-refractivity contribution in [3.05, 3.63) is 24.3 Å². The third-order valence-corrected chi connectivity index (χ3v) is 4.63. The number of hydrogen-bond acceptors (Lipinski definition) is 5.